The van der Waals surface area contributed by atoms with Crippen molar-refractivity contribution in [3.63, 3.8) is 0 Å². The van der Waals surface area contributed by atoms with Crippen LogP contribution in [0.25, 0.3) is 89.0 Å². The molecule has 2 aromatic carbocycles. The van der Waals surface area contributed by atoms with Crippen molar-refractivity contribution in [2.75, 3.05) is 0 Å². The molecular formula is C36H26N10O2Pt2. The second-order valence-electron chi connectivity index (χ2n) is 11.8. The average Bonchev–Trinajstić information content (AvgIpc) is 3.91. The van der Waals surface area contributed by atoms with Crippen molar-refractivity contribution in [3.05, 3.63) is 99.0 Å². The molecule has 0 aliphatic carbocycles. The Balaban J connectivity index is 0.000000151. The van der Waals surface area contributed by atoms with Gasteiger partial charge in [-0.25, -0.2) is 9.97 Å². The normalized spacial score (nSPS) is 11.3. The van der Waals surface area contributed by atoms with E-state index in [1.165, 1.54) is 0 Å². The second kappa shape index (κ2) is 12.9. The Morgan fingerprint density at radius 2 is 0.980 bits per heavy atom. The fourth-order valence-corrected chi connectivity index (χ4v) is 6.14. The van der Waals surface area contributed by atoms with Crippen LogP contribution in [0.3, 0.4) is 0 Å². The van der Waals surface area contributed by atoms with Gasteiger partial charge in [-0.05, 0) is 24.9 Å². The Morgan fingerprint density at radius 1 is 0.540 bits per heavy atom. The molecule has 12 nitrogen and oxygen atoms in total. The zero-order valence-corrected chi connectivity index (χ0v) is 31.5. The van der Waals surface area contributed by atoms with E-state index in [0.29, 0.717) is 11.5 Å². The number of aryl methyl sites for hydroxylation is 4. The van der Waals surface area contributed by atoms with Crippen molar-refractivity contribution in [3.8, 4) is 45.4 Å². The van der Waals surface area contributed by atoms with Crippen molar-refractivity contribution in [1.29, 1.82) is 0 Å². The van der Waals surface area contributed by atoms with Crippen molar-refractivity contribution in [1.82, 2.24) is 48.2 Å². The Morgan fingerprint density at radius 3 is 1.34 bits per heavy atom. The van der Waals surface area contributed by atoms with Crippen LogP contribution in [0.15, 0.2) is 95.2 Å². The van der Waals surface area contributed by atoms with E-state index in [1.807, 2.05) is 95.5 Å². The number of para-hydroxylation sites is 2. The molecule has 50 heavy (non-hydrogen) atoms. The van der Waals surface area contributed by atoms with Crippen molar-refractivity contribution < 1.29 is 51.0 Å². The molecule has 0 fully saturated rings. The molecule has 0 unspecified atom stereocenters. The van der Waals surface area contributed by atoms with Crippen LogP contribution in [0.1, 0.15) is 0 Å². The Labute approximate surface area is 313 Å². The first-order valence-corrected chi connectivity index (χ1v) is 15.1. The molecule has 14 heteroatoms. The van der Waals surface area contributed by atoms with Crippen molar-refractivity contribution in [2.24, 2.45) is 28.2 Å². The number of benzene rings is 2. The van der Waals surface area contributed by atoms with E-state index in [4.69, 9.17) is 18.8 Å². The van der Waals surface area contributed by atoms with E-state index in [9.17, 15) is 0 Å². The Hall–Kier alpha value is -5.18. The predicted octanol–water partition coefficient (Wildman–Crippen LogP) is 6.28. The quantitative estimate of drug-likeness (QED) is 0.189. The molecule has 8 aromatic heterocycles. The van der Waals surface area contributed by atoms with Gasteiger partial charge in [-0.15, -0.1) is 23.4 Å². The van der Waals surface area contributed by atoms with Gasteiger partial charge in [0.1, 0.15) is 22.9 Å². The van der Waals surface area contributed by atoms with Crippen LogP contribution in [-0.2, 0) is 70.3 Å². The molecule has 10 rings (SSSR count). The van der Waals surface area contributed by atoms with Crippen molar-refractivity contribution >= 4 is 43.6 Å². The molecule has 0 aliphatic rings. The molecule has 0 aliphatic heterocycles. The summed E-state index contributed by atoms with van der Waals surface area (Å²) in [4.78, 5) is 27.1. The van der Waals surface area contributed by atoms with Crippen molar-refractivity contribution in [2.45, 2.75) is 0 Å². The Bertz CT molecular complexity index is 2570. The number of imidazole rings is 4. The van der Waals surface area contributed by atoms with Crippen LogP contribution in [0, 0.1) is 12.7 Å². The third-order valence-electron chi connectivity index (χ3n) is 8.34. The van der Waals surface area contributed by atoms with Gasteiger partial charge in [-0.2, -0.15) is 0 Å². The first-order valence-electron chi connectivity index (χ1n) is 15.1. The van der Waals surface area contributed by atoms with E-state index >= 15 is 0 Å². The Kier molecular flexibility index (Phi) is 8.62. The SMILES string of the molecule is Cn1[c-]nc(-c2cccc3c2[n-]c2c(-c4cn(C)cn4)occ23)c1.Cn1[c-]nc(-c2cccc3c2[n-]c2c(-c4cn(C)cn4)occ23)c1.[Pt+2].[Pt+2]. The zero-order valence-electron chi connectivity index (χ0n) is 27.0. The smallest absolute Gasteiger partial charge is 0.654 e. The van der Waals surface area contributed by atoms with Gasteiger partial charge >= 0.3 is 42.1 Å². The van der Waals surface area contributed by atoms with Crippen LogP contribution in [0.4, 0.5) is 0 Å². The zero-order chi connectivity index (χ0) is 32.5. The third-order valence-corrected chi connectivity index (χ3v) is 8.34. The molecule has 0 bridgehead atoms. The summed E-state index contributed by atoms with van der Waals surface area (Å²) < 4.78 is 18.9. The van der Waals surface area contributed by atoms with Crippen LogP contribution < -0.4 is 9.97 Å². The van der Waals surface area contributed by atoms with E-state index in [2.05, 4.69) is 44.7 Å². The van der Waals surface area contributed by atoms with E-state index in [-0.39, 0.29) is 42.1 Å². The number of rotatable bonds is 4. The molecule has 0 atom stereocenters. The number of furan rings is 2. The van der Waals surface area contributed by atoms with Gasteiger partial charge in [-0.3, -0.25) is 0 Å². The molecule has 8 heterocycles. The minimum absolute atomic E-state index is 0. The average molecular weight is 1020 g/mol. The fourth-order valence-electron chi connectivity index (χ4n) is 6.14. The van der Waals surface area contributed by atoms with E-state index < -0.39 is 0 Å². The van der Waals surface area contributed by atoms with Gasteiger partial charge in [0.25, 0.3) is 0 Å². The van der Waals surface area contributed by atoms with Gasteiger partial charge in [0, 0.05) is 49.9 Å². The summed E-state index contributed by atoms with van der Waals surface area (Å²) in [5.74, 6) is 1.39. The minimum Gasteiger partial charge on any atom is -0.654 e. The summed E-state index contributed by atoms with van der Waals surface area (Å²) in [6, 6.07) is 12.2. The fraction of sp³-hybridized carbons (Fsp3) is 0.111. The molecular weight excluding hydrogens is 995 g/mol. The van der Waals surface area contributed by atoms with Crippen LogP contribution in [0.5, 0.6) is 0 Å². The maximum atomic E-state index is 5.75. The monoisotopic (exact) mass is 1020 g/mol. The van der Waals surface area contributed by atoms with E-state index in [1.54, 1.807) is 25.2 Å². The van der Waals surface area contributed by atoms with Gasteiger partial charge < -0.3 is 47.0 Å². The summed E-state index contributed by atoms with van der Waals surface area (Å²) in [7, 11) is 7.68. The van der Waals surface area contributed by atoms with E-state index in [0.717, 1.165) is 77.5 Å². The summed E-state index contributed by atoms with van der Waals surface area (Å²) >= 11 is 0. The van der Waals surface area contributed by atoms with Gasteiger partial charge in [0.2, 0.25) is 0 Å². The maximum Gasteiger partial charge on any atom is 2.00 e. The molecule has 0 amide bonds. The van der Waals surface area contributed by atoms with Gasteiger partial charge in [0.05, 0.1) is 25.2 Å². The van der Waals surface area contributed by atoms with Crippen LogP contribution in [0.2, 0.25) is 0 Å². The van der Waals surface area contributed by atoms with Gasteiger partial charge in [-0.1, -0.05) is 69.9 Å². The largest absolute Gasteiger partial charge is 2.00 e. The summed E-state index contributed by atoms with van der Waals surface area (Å²) in [6.07, 6.45) is 20.6. The molecule has 10 aromatic rings. The minimum atomic E-state index is 0. The van der Waals surface area contributed by atoms with Gasteiger partial charge in [0.15, 0.2) is 0 Å². The molecule has 0 saturated carbocycles. The van der Waals surface area contributed by atoms with Crippen LogP contribution >= 0.6 is 0 Å². The number of hydrogen-bond acceptors (Lipinski definition) is 6. The van der Waals surface area contributed by atoms with Crippen LogP contribution in [-0.4, -0.2) is 38.2 Å². The molecule has 0 N–H and O–H groups in total. The number of aromatic nitrogens is 10. The number of fused-ring (bicyclic) bond motifs is 6. The second-order valence-corrected chi connectivity index (χ2v) is 11.8. The molecule has 252 valence electrons. The topological polar surface area (TPSA) is 126 Å². The summed E-state index contributed by atoms with van der Waals surface area (Å²) in [5.41, 5.74) is 8.77. The third kappa shape index (κ3) is 5.49. The number of hydrogen-bond donors (Lipinski definition) is 0. The first kappa shape index (κ1) is 33.3. The predicted molar refractivity (Wildman–Crippen MR) is 181 cm³/mol. The molecule has 0 spiro atoms. The first-order chi connectivity index (χ1) is 23.4. The standard InChI is InChI=1S/2C18H13N5O.2Pt/c2*1-22-6-14(19-9-22)12-5-3-4-11-13-8-24-18(17(13)21-16(11)12)15-7-23(2)10-20-15;;/h2*3-8,10H,1-2H3;;/q2*-2;2*+2. The maximum absolute atomic E-state index is 5.75. The molecule has 0 radical (unpaired) electrons. The summed E-state index contributed by atoms with van der Waals surface area (Å²) in [6.45, 7) is 0. The summed E-state index contributed by atoms with van der Waals surface area (Å²) in [5, 5.41) is 4.10. The number of nitrogens with zero attached hydrogens (tertiary/aromatic N) is 10. The molecule has 0 saturated heterocycles.